The molecule has 1 N–H and O–H groups in total. The maximum absolute atomic E-state index is 12.8. The number of nitrogens with one attached hydrogen (secondary N) is 1. The van der Waals surface area contributed by atoms with Gasteiger partial charge in [0.15, 0.2) is 6.61 Å². The molecule has 0 atom stereocenters. The van der Waals surface area contributed by atoms with Crippen LogP contribution >= 0.6 is 0 Å². The molecule has 7 nitrogen and oxygen atoms in total. The fourth-order valence-corrected chi connectivity index (χ4v) is 3.88. The van der Waals surface area contributed by atoms with Crippen molar-refractivity contribution in [2.75, 3.05) is 26.2 Å². The van der Waals surface area contributed by atoms with Crippen LogP contribution in [0.5, 0.6) is 11.5 Å². The number of esters is 1. The molecule has 1 aliphatic rings. The van der Waals surface area contributed by atoms with E-state index in [2.05, 4.69) is 12.2 Å². The van der Waals surface area contributed by atoms with E-state index in [1.165, 1.54) is 12.5 Å². The lowest BCUT2D eigenvalue weighted by Crippen LogP contribution is -2.42. The first kappa shape index (κ1) is 24.3. The molecule has 0 aromatic heterocycles. The maximum atomic E-state index is 12.8. The SMILES string of the molecule is CCCc1ccc(OCC(=O)NCC2CCN(C(=O)c3cccc(OC(C)=O)c3)CC2)cc1. The van der Waals surface area contributed by atoms with E-state index in [4.69, 9.17) is 9.47 Å². The van der Waals surface area contributed by atoms with Crippen LogP contribution in [-0.2, 0) is 16.0 Å². The zero-order valence-corrected chi connectivity index (χ0v) is 19.3. The average Bonchev–Trinajstić information content (AvgIpc) is 2.82. The monoisotopic (exact) mass is 452 g/mol. The number of amides is 2. The third-order valence-corrected chi connectivity index (χ3v) is 5.66. The second kappa shape index (κ2) is 12.0. The summed E-state index contributed by atoms with van der Waals surface area (Å²) >= 11 is 0. The third kappa shape index (κ3) is 7.63. The van der Waals surface area contributed by atoms with Gasteiger partial charge in [0, 0.05) is 32.1 Å². The van der Waals surface area contributed by atoms with Gasteiger partial charge in [0.1, 0.15) is 11.5 Å². The van der Waals surface area contributed by atoms with E-state index in [-0.39, 0.29) is 18.4 Å². The van der Waals surface area contributed by atoms with Gasteiger partial charge in [-0.2, -0.15) is 0 Å². The Labute approximate surface area is 195 Å². The number of benzene rings is 2. The molecule has 0 radical (unpaired) electrons. The van der Waals surface area contributed by atoms with Crippen LogP contribution in [0, 0.1) is 5.92 Å². The Hall–Kier alpha value is -3.35. The Morgan fingerprint density at radius 1 is 1.03 bits per heavy atom. The standard InChI is InChI=1S/C26H32N2O5/c1-3-5-20-8-10-23(11-9-20)32-18-25(30)27-17-21-12-14-28(15-13-21)26(31)22-6-4-7-24(16-22)33-19(2)29/h4,6-11,16,21H,3,5,12-15,17-18H2,1-2H3,(H,27,30). The number of aryl methyl sites for hydroxylation is 1. The summed E-state index contributed by atoms with van der Waals surface area (Å²) in [4.78, 5) is 37.9. The molecule has 0 aliphatic carbocycles. The number of carbonyl (C=O) groups is 3. The molecular weight excluding hydrogens is 420 g/mol. The van der Waals surface area contributed by atoms with Crippen LogP contribution in [-0.4, -0.2) is 48.9 Å². The van der Waals surface area contributed by atoms with Gasteiger partial charge in [0.05, 0.1) is 0 Å². The number of hydrogen-bond donors (Lipinski definition) is 1. The van der Waals surface area contributed by atoms with Crippen LogP contribution < -0.4 is 14.8 Å². The number of nitrogens with zero attached hydrogens (tertiary/aromatic N) is 1. The molecule has 2 aromatic rings. The molecule has 1 heterocycles. The van der Waals surface area contributed by atoms with Crippen molar-refractivity contribution < 1.29 is 23.9 Å². The number of piperidine rings is 1. The summed E-state index contributed by atoms with van der Waals surface area (Å²) in [5.41, 5.74) is 1.76. The summed E-state index contributed by atoms with van der Waals surface area (Å²) in [7, 11) is 0. The van der Waals surface area contributed by atoms with Crippen molar-refractivity contribution in [3.8, 4) is 11.5 Å². The van der Waals surface area contributed by atoms with Crippen LogP contribution in [0.2, 0.25) is 0 Å². The summed E-state index contributed by atoms with van der Waals surface area (Å²) in [6.45, 7) is 5.28. The molecule has 0 spiro atoms. The highest BCUT2D eigenvalue weighted by atomic mass is 16.5. The smallest absolute Gasteiger partial charge is 0.308 e. The van der Waals surface area contributed by atoms with E-state index >= 15 is 0 Å². The van der Waals surface area contributed by atoms with Crippen molar-refractivity contribution in [2.45, 2.75) is 39.5 Å². The van der Waals surface area contributed by atoms with E-state index in [0.717, 1.165) is 25.7 Å². The Balaban J connectivity index is 1.38. The van der Waals surface area contributed by atoms with Crippen molar-refractivity contribution in [1.29, 1.82) is 0 Å². The van der Waals surface area contributed by atoms with Crippen molar-refractivity contribution >= 4 is 17.8 Å². The molecule has 0 bridgehead atoms. The maximum Gasteiger partial charge on any atom is 0.308 e. The zero-order chi connectivity index (χ0) is 23.6. The van der Waals surface area contributed by atoms with Crippen molar-refractivity contribution in [3.05, 3.63) is 59.7 Å². The van der Waals surface area contributed by atoms with E-state index in [1.807, 2.05) is 24.3 Å². The van der Waals surface area contributed by atoms with Gasteiger partial charge in [0.2, 0.25) is 0 Å². The molecule has 0 unspecified atom stereocenters. The van der Waals surface area contributed by atoms with E-state index in [1.54, 1.807) is 29.2 Å². The van der Waals surface area contributed by atoms with Crippen LogP contribution in [0.1, 0.15) is 49.0 Å². The Kier molecular flexibility index (Phi) is 8.87. The molecule has 1 saturated heterocycles. The summed E-state index contributed by atoms with van der Waals surface area (Å²) in [5, 5.41) is 2.94. The van der Waals surface area contributed by atoms with Gasteiger partial charge in [0.25, 0.3) is 11.8 Å². The van der Waals surface area contributed by atoms with Crippen LogP contribution in [0.15, 0.2) is 48.5 Å². The van der Waals surface area contributed by atoms with Gasteiger partial charge in [-0.3, -0.25) is 14.4 Å². The number of likely N-dealkylation sites (tertiary alicyclic amines) is 1. The van der Waals surface area contributed by atoms with Crippen molar-refractivity contribution in [2.24, 2.45) is 5.92 Å². The molecule has 2 amide bonds. The molecule has 1 aliphatic heterocycles. The molecular formula is C26H32N2O5. The lowest BCUT2D eigenvalue weighted by molar-refractivity contribution is -0.131. The summed E-state index contributed by atoms with van der Waals surface area (Å²) in [6, 6.07) is 14.5. The zero-order valence-electron chi connectivity index (χ0n) is 19.3. The lowest BCUT2D eigenvalue weighted by atomic mass is 9.96. The Morgan fingerprint density at radius 2 is 1.76 bits per heavy atom. The highest BCUT2D eigenvalue weighted by Gasteiger charge is 2.24. The minimum atomic E-state index is -0.419. The first-order valence-electron chi connectivity index (χ1n) is 11.5. The summed E-state index contributed by atoms with van der Waals surface area (Å²) in [6.07, 6.45) is 3.76. The van der Waals surface area contributed by atoms with Crippen molar-refractivity contribution in [3.63, 3.8) is 0 Å². The molecule has 33 heavy (non-hydrogen) atoms. The number of carbonyl (C=O) groups excluding carboxylic acids is 3. The normalized spacial score (nSPS) is 13.9. The van der Waals surface area contributed by atoms with Crippen LogP contribution in [0.4, 0.5) is 0 Å². The van der Waals surface area contributed by atoms with Gasteiger partial charge in [-0.15, -0.1) is 0 Å². The molecule has 0 saturated carbocycles. The minimum absolute atomic E-state index is 0.0108. The highest BCUT2D eigenvalue weighted by molar-refractivity contribution is 5.94. The fourth-order valence-electron chi connectivity index (χ4n) is 3.88. The Bertz CT molecular complexity index is 949. The van der Waals surface area contributed by atoms with Gasteiger partial charge in [-0.1, -0.05) is 31.5 Å². The predicted molar refractivity (Wildman–Crippen MR) is 125 cm³/mol. The van der Waals surface area contributed by atoms with Gasteiger partial charge in [-0.25, -0.2) is 0 Å². The topological polar surface area (TPSA) is 84.9 Å². The lowest BCUT2D eigenvalue weighted by Gasteiger charge is -2.32. The second-order valence-electron chi connectivity index (χ2n) is 8.34. The van der Waals surface area contributed by atoms with Crippen molar-refractivity contribution in [1.82, 2.24) is 10.2 Å². The van der Waals surface area contributed by atoms with Gasteiger partial charge >= 0.3 is 5.97 Å². The quantitative estimate of drug-likeness (QED) is 0.464. The molecule has 1 fully saturated rings. The largest absolute Gasteiger partial charge is 0.484 e. The number of rotatable bonds is 9. The molecule has 2 aromatic carbocycles. The number of ether oxygens (including phenoxy) is 2. The molecule has 3 rings (SSSR count). The highest BCUT2D eigenvalue weighted by Crippen LogP contribution is 2.21. The second-order valence-corrected chi connectivity index (χ2v) is 8.34. The first-order valence-corrected chi connectivity index (χ1v) is 11.5. The van der Waals surface area contributed by atoms with Crippen LogP contribution in [0.3, 0.4) is 0 Å². The van der Waals surface area contributed by atoms with E-state index < -0.39 is 5.97 Å². The fraction of sp³-hybridized carbons (Fsp3) is 0.423. The average molecular weight is 453 g/mol. The molecule has 7 heteroatoms. The third-order valence-electron chi connectivity index (χ3n) is 5.66. The minimum Gasteiger partial charge on any atom is -0.484 e. The predicted octanol–water partition coefficient (Wildman–Crippen LogP) is 3.61. The number of hydrogen-bond acceptors (Lipinski definition) is 5. The summed E-state index contributed by atoms with van der Waals surface area (Å²) in [5.74, 6) is 0.731. The van der Waals surface area contributed by atoms with Crippen LogP contribution in [0.25, 0.3) is 0 Å². The first-order chi connectivity index (χ1) is 15.9. The van der Waals surface area contributed by atoms with Gasteiger partial charge in [-0.05, 0) is 61.1 Å². The van der Waals surface area contributed by atoms with Gasteiger partial charge < -0.3 is 19.7 Å². The van der Waals surface area contributed by atoms with E-state index in [9.17, 15) is 14.4 Å². The molecule has 176 valence electrons. The summed E-state index contributed by atoms with van der Waals surface area (Å²) < 4.78 is 10.6. The Morgan fingerprint density at radius 3 is 2.42 bits per heavy atom. The van der Waals surface area contributed by atoms with E-state index in [0.29, 0.717) is 42.6 Å².